The van der Waals surface area contributed by atoms with E-state index >= 15 is 0 Å². The second-order valence-electron chi connectivity index (χ2n) is 4.01. The summed E-state index contributed by atoms with van der Waals surface area (Å²) in [5.41, 5.74) is 0.623. The number of H-pyrrole nitrogens is 1. The molecular weight excluding hydrogens is 254 g/mol. The van der Waals surface area contributed by atoms with Gasteiger partial charge in [-0.3, -0.25) is 0 Å². The lowest BCUT2D eigenvalue weighted by atomic mass is 10.3. The van der Waals surface area contributed by atoms with Crippen molar-refractivity contribution < 1.29 is 4.79 Å². The first-order valence-corrected chi connectivity index (χ1v) is 6.19. The van der Waals surface area contributed by atoms with Gasteiger partial charge >= 0.3 is 11.7 Å². The summed E-state index contributed by atoms with van der Waals surface area (Å²) in [6, 6.07) is 4.50. The lowest BCUT2D eigenvalue weighted by molar-refractivity contribution is 0.242. The minimum absolute atomic E-state index is 0.415. The van der Waals surface area contributed by atoms with Gasteiger partial charge in [0.2, 0.25) is 0 Å². The number of benzene rings is 1. The Balaban J connectivity index is 2.35. The molecule has 0 saturated carbocycles. The van der Waals surface area contributed by atoms with E-state index < -0.39 is 11.7 Å². The normalized spacial score (nSPS) is 10.8. The van der Waals surface area contributed by atoms with Gasteiger partial charge in [-0.05, 0) is 24.6 Å². The Morgan fingerprint density at radius 1 is 1.50 bits per heavy atom. The van der Waals surface area contributed by atoms with E-state index in [-0.39, 0.29) is 0 Å². The zero-order chi connectivity index (χ0) is 13.1. The second kappa shape index (κ2) is 5.27. The van der Waals surface area contributed by atoms with Crippen LogP contribution in [0.2, 0.25) is 5.02 Å². The molecule has 6 heteroatoms. The molecule has 0 unspecified atom stereocenters. The van der Waals surface area contributed by atoms with Crippen LogP contribution in [0.1, 0.15) is 19.8 Å². The van der Waals surface area contributed by atoms with Crippen LogP contribution in [0.4, 0.5) is 4.79 Å². The lowest BCUT2D eigenvalue weighted by Gasteiger charge is -2.04. The van der Waals surface area contributed by atoms with Crippen molar-refractivity contribution in [2.24, 2.45) is 0 Å². The van der Waals surface area contributed by atoms with Gasteiger partial charge in [-0.15, -0.1) is 0 Å². The maximum absolute atomic E-state index is 11.9. The van der Waals surface area contributed by atoms with E-state index in [1.165, 1.54) is 0 Å². The molecule has 2 rings (SSSR count). The number of rotatable bonds is 3. The van der Waals surface area contributed by atoms with Crippen molar-refractivity contribution in [2.45, 2.75) is 19.8 Å². The van der Waals surface area contributed by atoms with Crippen molar-refractivity contribution in [2.75, 3.05) is 6.54 Å². The summed E-state index contributed by atoms with van der Waals surface area (Å²) >= 11 is 5.83. The Morgan fingerprint density at radius 2 is 2.28 bits per heavy atom. The van der Waals surface area contributed by atoms with Crippen LogP contribution in [-0.2, 0) is 0 Å². The summed E-state index contributed by atoms with van der Waals surface area (Å²) in [6.07, 6.45) is 1.87. The summed E-state index contributed by atoms with van der Waals surface area (Å²) in [5, 5.41) is 3.22. The number of fused-ring (bicyclic) bond motifs is 1. The fourth-order valence-electron chi connectivity index (χ4n) is 1.74. The van der Waals surface area contributed by atoms with Gasteiger partial charge in [-0.2, -0.15) is 0 Å². The zero-order valence-corrected chi connectivity index (χ0v) is 10.8. The molecule has 0 radical (unpaired) electrons. The molecule has 1 amide bonds. The van der Waals surface area contributed by atoms with Gasteiger partial charge in [-0.1, -0.05) is 24.9 Å². The summed E-state index contributed by atoms with van der Waals surface area (Å²) in [6.45, 7) is 2.59. The molecule has 2 N–H and O–H groups in total. The zero-order valence-electron chi connectivity index (χ0n) is 10.00. The predicted molar refractivity (Wildman–Crippen MR) is 71.3 cm³/mol. The van der Waals surface area contributed by atoms with E-state index in [2.05, 4.69) is 10.3 Å². The number of aromatic nitrogens is 2. The highest BCUT2D eigenvalue weighted by Gasteiger charge is 2.13. The van der Waals surface area contributed by atoms with Crippen LogP contribution in [0, 0.1) is 0 Å². The highest BCUT2D eigenvalue weighted by atomic mass is 35.5. The smallest absolute Gasteiger partial charge is 0.334 e. The fraction of sp³-hybridized carbons (Fsp3) is 0.333. The third-order valence-electron chi connectivity index (χ3n) is 2.65. The topological polar surface area (TPSA) is 66.9 Å². The number of carbonyl (C=O) groups is 1. The molecule has 0 aliphatic heterocycles. The first-order valence-electron chi connectivity index (χ1n) is 5.82. The van der Waals surface area contributed by atoms with Gasteiger partial charge in [-0.25, -0.2) is 14.2 Å². The van der Waals surface area contributed by atoms with Crippen LogP contribution in [0.25, 0.3) is 11.0 Å². The maximum atomic E-state index is 11.9. The minimum atomic E-state index is -0.457. The number of hydrogen-bond acceptors (Lipinski definition) is 2. The molecule has 5 nitrogen and oxygen atoms in total. The van der Waals surface area contributed by atoms with E-state index in [0.29, 0.717) is 22.6 Å². The molecule has 1 aromatic heterocycles. The predicted octanol–water partition coefficient (Wildman–Crippen LogP) is 2.34. The largest absolute Gasteiger partial charge is 0.337 e. The van der Waals surface area contributed by atoms with E-state index in [1.54, 1.807) is 18.2 Å². The molecule has 0 atom stereocenters. The number of nitrogens with zero attached hydrogens (tertiary/aromatic N) is 1. The van der Waals surface area contributed by atoms with Gasteiger partial charge < -0.3 is 10.3 Å². The Bertz CT molecular complexity index is 630. The molecule has 1 heterocycles. The molecule has 18 heavy (non-hydrogen) atoms. The van der Waals surface area contributed by atoms with Crippen molar-refractivity contribution in [3.05, 3.63) is 33.7 Å². The Morgan fingerprint density at radius 3 is 3.00 bits per heavy atom. The number of amides is 1. The fourth-order valence-corrected chi connectivity index (χ4v) is 1.91. The van der Waals surface area contributed by atoms with Crippen molar-refractivity contribution in [3.63, 3.8) is 0 Å². The number of carbonyl (C=O) groups excluding carboxylic acids is 1. The first-order chi connectivity index (χ1) is 8.63. The molecule has 0 fully saturated rings. The molecule has 1 aromatic carbocycles. The highest BCUT2D eigenvalue weighted by molar-refractivity contribution is 6.31. The summed E-state index contributed by atoms with van der Waals surface area (Å²) in [7, 11) is 0. The van der Waals surface area contributed by atoms with Gasteiger partial charge in [0.1, 0.15) is 0 Å². The standard InChI is InChI=1S/C12H14ClN3O2/c1-2-3-6-14-11(17)16-10-5-4-8(13)7-9(10)15-12(16)18/h4-5,7H,2-3,6H2,1H3,(H,14,17)(H,15,18). The molecule has 0 bridgehead atoms. The highest BCUT2D eigenvalue weighted by Crippen LogP contribution is 2.16. The number of hydrogen-bond donors (Lipinski definition) is 2. The van der Waals surface area contributed by atoms with Crippen LogP contribution < -0.4 is 11.0 Å². The Labute approximate surface area is 109 Å². The minimum Gasteiger partial charge on any atom is -0.337 e. The van der Waals surface area contributed by atoms with Crippen LogP contribution in [0.3, 0.4) is 0 Å². The Kier molecular flexibility index (Phi) is 3.72. The average Bonchev–Trinajstić information content (AvgIpc) is 2.64. The second-order valence-corrected chi connectivity index (χ2v) is 4.45. The van der Waals surface area contributed by atoms with Crippen molar-refractivity contribution >= 4 is 28.7 Å². The number of nitrogens with one attached hydrogen (secondary N) is 2. The monoisotopic (exact) mass is 267 g/mol. The molecule has 96 valence electrons. The SMILES string of the molecule is CCCCNC(=O)n1c(=O)[nH]c2cc(Cl)ccc21. The average molecular weight is 268 g/mol. The number of unbranched alkanes of at least 4 members (excludes halogenated alkanes) is 1. The first kappa shape index (κ1) is 12.7. The van der Waals surface area contributed by atoms with Gasteiger partial charge in [0.15, 0.2) is 0 Å². The van der Waals surface area contributed by atoms with Gasteiger partial charge in [0.25, 0.3) is 0 Å². The van der Waals surface area contributed by atoms with Gasteiger partial charge in [0, 0.05) is 11.6 Å². The third kappa shape index (κ3) is 2.41. The summed E-state index contributed by atoms with van der Waals surface area (Å²) in [4.78, 5) is 26.2. The molecule has 2 aromatic rings. The Hall–Kier alpha value is -1.75. The van der Waals surface area contributed by atoms with E-state index in [0.717, 1.165) is 17.4 Å². The number of halogens is 1. The molecule has 0 spiro atoms. The van der Waals surface area contributed by atoms with Gasteiger partial charge in [0.05, 0.1) is 11.0 Å². The maximum Gasteiger partial charge on any atom is 0.334 e. The van der Waals surface area contributed by atoms with Crippen LogP contribution in [0.15, 0.2) is 23.0 Å². The van der Waals surface area contributed by atoms with Crippen molar-refractivity contribution in [1.29, 1.82) is 0 Å². The quantitative estimate of drug-likeness (QED) is 0.838. The molecule has 0 saturated heterocycles. The summed E-state index contributed by atoms with van der Waals surface area (Å²) in [5.74, 6) is 0. The van der Waals surface area contributed by atoms with E-state index in [4.69, 9.17) is 11.6 Å². The third-order valence-corrected chi connectivity index (χ3v) is 2.89. The summed E-state index contributed by atoms with van der Waals surface area (Å²) < 4.78 is 1.08. The van der Waals surface area contributed by atoms with E-state index in [9.17, 15) is 9.59 Å². The molecular formula is C12H14ClN3O2. The number of aromatic amines is 1. The van der Waals surface area contributed by atoms with Crippen LogP contribution in [-0.4, -0.2) is 22.1 Å². The lowest BCUT2D eigenvalue weighted by Crippen LogP contribution is -2.35. The van der Waals surface area contributed by atoms with Crippen molar-refractivity contribution in [3.8, 4) is 0 Å². The van der Waals surface area contributed by atoms with Crippen molar-refractivity contribution in [1.82, 2.24) is 14.9 Å². The number of imidazole rings is 1. The van der Waals surface area contributed by atoms with Crippen LogP contribution in [0.5, 0.6) is 0 Å². The molecule has 0 aliphatic carbocycles. The molecule has 0 aliphatic rings. The van der Waals surface area contributed by atoms with E-state index in [1.807, 2.05) is 6.92 Å². The van der Waals surface area contributed by atoms with Crippen LogP contribution >= 0.6 is 11.6 Å².